The molecule has 5 nitrogen and oxygen atoms in total. The zero-order valence-electron chi connectivity index (χ0n) is 15.8. The van der Waals surface area contributed by atoms with Gasteiger partial charge in [-0.2, -0.15) is 0 Å². The van der Waals surface area contributed by atoms with Gasteiger partial charge in [0.1, 0.15) is 5.82 Å². The van der Waals surface area contributed by atoms with E-state index in [4.69, 9.17) is 9.47 Å². The van der Waals surface area contributed by atoms with E-state index in [1.807, 2.05) is 23.1 Å². The molecule has 1 amide bonds. The summed E-state index contributed by atoms with van der Waals surface area (Å²) >= 11 is 0. The van der Waals surface area contributed by atoms with Crippen LogP contribution in [0.15, 0.2) is 42.5 Å². The van der Waals surface area contributed by atoms with Gasteiger partial charge in [0.2, 0.25) is 12.7 Å². The van der Waals surface area contributed by atoms with Crippen LogP contribution in [0.1, 0.15) is 24.1 Å². The third-order valence-electron chi connectivity index (χ3n) is 6.18. The van der Waals surface area contributed by atoms with Crippen LogP contribution in [-0.4, -0.2) is 42.1 Å². The fraction of sp³-hybridized carbons (Fsp3) is 0.409. The number of hydrogen-bond acceptors (Lipinski definition) is 4. The predicted octanol–water partition coefficient (Wildman–Crippen LogP) is 3.21. The molecule has 0 N–H and O–H groups in total. The smallest absolute Gasteiger partial charge is 0.231 e. The number of nitrogens with zero attached hydrogens (tertiary/aromatic N) is 2. The number of carbonyl (C=O) groups excluding carboxylic acids is 1. The standard InChI is InChI=1S/C22H23FN2O3/c1-14(26)25-11-17-10-24(9-15-5-6-20-21(7-15)28-13-27-20)12-19(17)22(25)16-3-2-4-18(23)8-16/h2-8,17,19,22H,9-13H2,1H3/t17-,19-,22+/m1/s1. The van der Waals surface area contributed by atoms with Gasteiger partial charge in [-0.15, -0.1) is 0 Å². The van der Waals surface area contributed by atoms with Gasteiger partial charge in [0.05, 0.1) is 6.04 Å². The second-order valence-corrected chi connectivity index (χ2v) is 7.98. The van der Waals surface area contributed by atoms with Crippen LogP contribution in [0, 0.1) is 17.7 Å². The first-order valence-electron chi connectivity index (χ1n) is 9.72. The van der Waals surface area contributed by atoms with Crippen LogP contribution in [0.3, 0.4) is 0 Å². The first-order valence-corrected chi connectivity index (χ1v) is 9.72. The maximum absolute atomic E-state index is 13.8. The first-order chi connectivity index (χ1) is 13.6. The number of hydrogen-bond donors (Lipinski definition) is 0. The second-order valence-electron chi connectivity index (χ2n) is 7.98. The van der Waals surface area contributed by atoms with Crippen molar-refractivity contribution in [3.63, 3.8) is 0 Å². The van der Waals surface area contributed by atoms with E-state index in [2.05, 4.69) is 11.0 Å². The molecule has 6 heteroatoms. The zero-order chi connectivity index (χ0) is 19.3. The molecule has 0 saturated carbocycles. The van der Waals surface area contributed by atoms with Crippen molar-refractivity contribution in [1.29, 1.82) is 0 Å². The first kappa shape index (κ1) is 17.5. The van der Waals surface area contributed by atoms with E-state index in [9.17, 15) is 9.18 Å². The van der Waals surface area contributed by atoms with E-state index >= 15 is 0 Å². The summed E-state index contributed by atoms with van der Waals surface area (Å²) in [6, 6.07) is 12.7. The molecule has 3 aliphatic heterocycles. The van der Waals surface area contributed by atoms with Gasteiger partial charge in [-0.1, -0.05) is 18.2 Å². The van der Waals surface area contributed by atoms with E-state index in [0.717, 1.165) is 43.2 Å². The lowest BCUT2D eigenvalue weighted by molar-refractivity contribution is -0.130. The number of benzene rings is 2. The number of amides is 1. The molecule has 2 aromatic rings. The molecule has 0 radical (unpaired) electrons. The number of carbonyl (C=O) groups is 1. The van der Waals surface area contributed by atoms with Gasteiger partial charge in [-0.3, -0.25) is 9.69 Å². The van der Waals surface area contributed by atoms with Gasteiger partial charge < -0.3 is 14.4 Å². The van der Waals surface area contributed by atoms with Crippen LogP contribution < -0.4 is 9.47 Å². The summed E-state index contributed by atoms with van der Waals surface area (Å²) in [5.41, 5.74) is 2.09. The van der Waals surface area contributed by atoms with Gasteiger partial charge in [0.25, 0.3) is 0 Å². The Morgan fingerprint density at radius 1 is 1.11 bits per heavy atom. The summed E-state index contributed by atoms with van der Waals surface area (Å²) in [4.78, 5) is 16.6. The van der Waals surface area contributed by atoms with Crippen molar-refractivity contribution in [1.82, 2.24) is 9.80 Å². The quantitative estimate of drug-likeness (QED) is 0.818. The van der Waals surface area contributed by atoms with Gasteiger partial charge in [0.15, 0.2) is 11.5 Å². The van der Waals surface area contributed by atoms with Crippen molar-refractivity contribution >= 4 is 5.91 Å². The molecule has 2 aromatic carbocycles. The number of likely N-dealkylation sites (tertiary alicyclic amines) is 2. The monoisotopic (exact) mass is 382 g/mol. The molecule has 3 atom stereocenters. The van der Waals surface area contributed by atoms with E-state index in [-0.39, 0.29) is 24.6 Å². The summed E-state index contributed by atoms with van der Waals surface area (Å²) in [5.74, 6) is 2.14. The average molecular weight is 382 g/mol. The molecule has 28 heavy (non-hydrogen) atoms. The fourth-order valence-corrected chi connectivity index (χ4v) is 5.01. The molecule has 0 aromatic heterocycles. The summed E-state index contributed by atoms with van der Waals surface area (Å²) in [6.07, 6.45) is 0. The minimum Gasteiger partial charge on any atom is -0.454 e. The van der Waals surface area contributed by atoms with E-state index in [1.54, 1.807) is 19.1 Å². The third kappa shape index (κ3) is 3.02. The van der Waals surface area contributed by atoms with Crippen LogP contribution in [0.5, 0.6) is 11.5 Å². The summed E-state index contributed by atoms with van der Waals surface area (Å²) < 4.78 is 24.7. The van der Waals surface area contributed by atoms with E-state index < -0.39 is 0 Å². The van der Waals surface area contributed by atoms with Crippen molar-refractivity contribution in [2.24, 2.45) is 11.8 Å². The zero-order valence-corrected chi connectivity index (χ0v) is 15.8. The molecular weight excluding hydrogens is 359 g/mol. The van der Waals surface area contributed by atoms with E-state index in [0.29, 0.717) is 11.8 Å². The number of ether oxygens (including phenoxy) is 2. The van der Waals surface area contributed by atoms with Crippen molar-refractivity contribution in [3.05, 3.63) is 59.4 Å². The summed E-state index contributed by atoms with van der Waals surface area (Å²) in [6.45, 7) is 5.29. The van der Waals surface area contributed by atoms with Crippen LogP contribution in [0.25, 0.3) is 0 Å². The molecule has 0 bridgehead atoms. The molecule has 0 unspecified atom stereocenters. The van der Waals surface area contributed by atoms with Crippen molar-refractivity contribution in [2.75, 3.05) is 26.4 Å². The Kier molecular flexibility index (Phi) is 4.23. The number of halogens is 1. The molecule has 5 rings (SSSR count). The topological polar surface area (TPSA) is 42.0 Å². The number of rotatable bonds is 3. The Morgan fingerprint density at radius 3 is 2.79 bits per heavy atom. The summed E-state index contributed by atoms with van der Waals surface area (Å²) in [7, 11) is 0. The average Bonchev–Trinajstić information content (AvgIpc) is 3.35. The molecule has 3 heterocycles. The van der Waals surface area contributed by atoms with Crippen LogP contribution in [0.2, 0.25) is 0 Å². The molecule has 0 aliphatic carbocycles. The minimum absolute atomic E-state index is 0.0556. The lowest BCUT2D eigenvalue weighted by atomic mass is 9.89. The Hall–Kier alpha value is -2.60. The normalized spacial score (nSPS) is 25.9. The lowest BCUT2D eigenvalue weighted by Crippen LogP contribution is -2.34. The molecule has 0 spiro atoms. The van der Waals surface area contributed by atoms with Crippen molar-refractivity contribution in [2.45, 2.75) is 19.5 Å². The van der Waals surface area contributed by atoms with E-state index in [1.165, 1.54) is 11.6 Å². The van der Waals surface area contributed by atoms with Gasteiger partial charge in [-0.05, 0) is 41.3 Å². The highest BCUT2D eigenvalue weighted by Gasteiger charge is 2.48. The Bertz CT molecular complexity index is 918. The molecule has 2 saturated heterocycles. The highest BCUT2D eigenvalue weighted by Crippen LogP contribution is 2.45. The van der Waals surface area contributed by atoms with Gasteiger partial charge >= 0.3 is 0 Å². The SMILES string of the molecule is CC(=O)N1C[C@H]2CN(Cc3ccc4c(c3)OCO4)C[C@H]2[C@@H]1c1cccc(F)c1. The van der Waals surface area contributed by atoms with Crippen LogP contribution >= 0.6 is 0 Å². The van der Waals surface area contributed by atoms with Crippen molar-refractivity contribution < 1.29 is 18.7 Å². The van der Waals surface area contributed by atoms with Crippen molar-refractivity contribution in [3.8, 4) is 11.5 Å². The Morgan fingerprint density at radius 2 is 1.96 bits per heavy atom. The maximum atomic E-state index is 13.8. The lowest BCUT2D eigenvalue weighted by Gasteiger charge is -2.29. The molecule has 2 fully saturated rings. The predicted molar refractivity (Wildman–Crippen MR) is 101 cm³/mol. The fourth-order valence-electron chi connectivity index (χ4n) is 5.01. The van der Waals surface area contributed by atoms with Gasteiger partial charge in [0, 0.05) is 39.0 Å². The molecule has 146 valence electrons. The minimum atomic E-state index is -0.250. The number of fused-ring (bicyclic) bond motifs is 2. The van der Waals surface area contributed by atoms with Crippen LogP contribution in [-0.2, 0) is 11.3 Å². The van der Waals surface area contributed by atoms with Gasteiger partial charge in [-0.25, -0.2) is 4.39 Å². The Balaban J connectivity index is 1.35. The second kappa shape index (κ2) is 6.78. The molecular formula is C22H23FN2O3. The highest BCUT2D eigenvalue weighted by atomic mass is 19.1. The largest absolute Gasteiger partial charge is 0.454 e. The third-order valence-corrected chi connectivity index (χ3v) is 6.18. The maximum Gasteiger partial charge on any atom is 0.231 e. The Labute approximate surface area is 163 Å². The summed E-state index contributed by atoms with van der Waals surface area (Å²) in [5, 5.41) is 0. The van der Waals surface area contributed by atoms with Crippen LogP contribution in [0.4, 0.5) is 4.39 Å². The molecule has 3 aliphatic rings. The highest BCUT2D eigenvalue weighted by molar-refractivity contribution is 5.74.